The van der Waals surface area contributed by atoms with Crippen LogP contribution in [0.1, 0.15) is 16.1 Å². The van der Waals surface area contributed by atoms with Crippen molar-refractivity contribution in [1.82, 2.24) is 19.1 Å². The summed E-state index contributed by atoms with van der Waals surface area (Å²) >= 11 is 1.38. The molecule has 12 heteroatoms. The first-order valence-corrected chi connectivity index (χ1v) is 12.8. The SMILES string of the molecule is Cc1cc(NC(=O)c2ccc(S(=O)(=O)N(C)C)cc2)n(-c2nc(-c3ccc4c(c3)OCO4)cs2)n1. The van der Waals surface area contributed by atoms with Gasteiger partial charge in [-0.25, -0.2) is 17.7 Å². The molecule has 2 aromatic carbocycles. The Morgan fingerprint density at radius 1 is 1.09 bits per heavy atom. The third-order valence-electron chi connectivity index (χ3n) is 5.31. The highest BCUT2D eigenvalue weighted by atomic mass is 32.2. The first-order chi connectivity index (χ1) is 16.7. The third-order valence-corrected chi connectivity index (χ3v) is 7.96. The largest absolute Gasteiger partial charge is 0.454 e. The number of nitrogens with one attached hydrogen (secondary N) is 1. The summed E-state index contributed by atoms with van der Waals surface area (Å²) < 4.78 is 38.0. The molecule has 4 aromatic rings. The van der Waals surface area contributed by atoms with E-state index in [-0.39, 0.29) is 11.7 Å². The molecule has 10 nitrogen and oxygen atoms in total. The van der Waals surface area contributed by atoms with Gasteiger partial charge in [-0.15, -0.1) is 11.3 Å². The van der Waals surface area contributed by atoms with E-state index in [0.717, 1.165) is 15.6 Å². The monoisotopic (exact) mass is 511 g/mol. The molecule has 0 spiro atoms. The molecule has 0 unspecified atom stereocenters. The van der Waals surface area contributed by atoms with Crippen LogP contribution in [0.5, 0.6) is 11.5 Å². The number of hydrogen-bond acceptors (Lipinski definition) is 8. The highest BCUT2D eigenvalue weighted by molar-refractivity contribution is 7.89. The molecule has 1 amide bonds. The minimum Gasteiger partial charge on any atom is -0.454 e. The molecular weight excluding hydrogens is 490 g/mol. The van der Waals surface area contributed by atoms with Gasteiger partial charge in [0.2, 0.25) is 21.9 Å². The van der Waals surface area contributed by atoms with Gasteiger partial charge in [-0.05, 0) is 49.4 Å². The third kappa shape index (κ3) is 4.38. The summed E-state index contributed by atoms with van der Waals surface area (Å²) in [5.41, 5.74) is 2.63. The summed E-state index contributed by atoms with van der Waals surface area (Å²) in [7, 11) is -0.667. The van der Waals surface area contributed by atoms with Crippen molar-refractivity contribution in [2.45, 2.75) is 11.8 Å². The lowest BCUT2D eigenvalue weighted by molar-refractivity contribution is 0.102. The van der Waals surface area contributed by atoms with Gasteiger partial charge in [0.25, 0.3) is 5.91 Å². The topological polar surface area (TPSA) is 116 Å². The Hall–Kier alpha value is -3.74. The number of sulfonamides is 1. The fourth-order valence-electron chi connectivity index (χ4n) is 3.46. The molecule has 0 atom stereocenters. The maximum atomic E-state index is 12.9. The molecule has 1 N–H and O–H groups in total. The molecule has 5 rings (SSSR count). The zero-order chi connectivity index (χ0) is 24.7. The molecule has 0 saturated carbocycles. The van der Waals surface area contributed by atoms with Gasteiger partial charge in [0, 0.05) is 36.7 Å². The maximum absolute atomic E-state index is 12.9. The number of fused-ring (bicyclic) bond motifs is 1. The van der Waals surface area contributed by atoms with Crippen molar-refractivity contribution in [3.8, 4) is 27.9 Å². The van der Waals surface area contributed by atoms with Crippen LogP contribution in [0.3, 0.4) is 0 Å². The predicted molar refractivity (Wildman–Crippen MR) is 131 cm³/mol. The highest BCUT2D eigenvalue weighted by Crippen LogP contribution is 2.36. The van der Waals surface area contributed by atoms with E-state index < -0.39 is 15.9 Å². The Morgan fingerprint density at radius 2 is 1.83 bits per heavy atom. The molecule has 0 saturated heterocycles. The number of carbonyl (C=O) groups is 1. The van der Waals surface area contributed by atoms with Gasteiger partial charge in [-0.3, -0.25) is 4.79 Å². The Kier molecular flexibility index (Phi) is 5.79. The number of thiazole rings is 1. The summed E-state index contributed by atoms with van der Waals surface area (Å²) in [6.07, 6.45) is 0. The van der Waals surface area contributed by atoms with Crippen molar-refractivity contribution < 1.29 is 22.7 Å². The van der Waals surface area contributed by atoms with Gasteiger partial charge in [0.1, 0.15) is 5.82 Å². The zero-order valence-electron chi connectivity index (χ0n) is 19.0. The molecule has 0 fully saturated rings. The van der Waals surface area contributed by atoms with Crippen LogP contribution in [-0.4, -0.2) is 54.3 Å². The standard InChI is InChI=1S/C23H21N5O5S2/c1-14-10-21(25-22(29)15-4-7-17(8-5-15)35(30,31)27(2)3)28(26-14)23-24-18(12-34-23)16-6-9-19-20(11-16)33-13-32-19/h4-12H,13H2,1-3H3,(H,25,29). The maximum Gasteiger partial charge on any atom is 0.256 e. The van der Waals surface area contributed by atoms with E-state index in [1.807, 2.05) is 30.5 Å². The summed E-state index contributed by atoms with van der Waals surface area (Å²) in [4.78, 5) is 17.7. The van der Waals surface area contributed by atoms with Crippen molar-refractivity contribution in [3.05, 3.63) is 65.2 Å². The molecule has 2 aromatic heterocycles. The van der Waals surface area contributed by atoms with Crippen molar-refractivity contribution >= 4 is 33.1 Å². The van der Waals surface area contributed by atoms with Crippen molar-refractivity contribution in [2.75, 3.05) is 26.2 Å². The number of nitrogens with zero attached hydrogens (tertiary/aromatic N) is 4. The van der Waals surface area contributed by atoms with Gasteiger partial charge in [0.05, 0.1) is 16.3 Å². The summed E-state index contributed by atoms with van der Waals surface area (Å²) in [6, 6.07) is 13.1. The molecule has 0 aliphatic carbocycles. The number of hydrogen-bond donors (Lipinski definition) is 1. The molecular formula is C23H21N5O5S2. The fourth-order valence-corrected chi connectivity index (χ4v) is 5.16. The van der Waals surface area contributed by atoms with Crippen LogP contribution in [0.2, 0.25) is 0 Å². The molecule has 35 heavy (non-hydrogen) atoms. The van der Waals surface area contributed by atoms with Gasteiger partial charge in [-0.2, -0.15) is 9.78 Å². The van der Waals surface area contributed by atoms with E-state index in [4.69, 9.17) is 9.47 Å². The number of anilines is 1. The average molecular weight is 512 g/mol. The summed E-state index contributed by atoms with van der Waals surface area (Å²) in [5.74, 6) is 1.42. The van der Waals surface area contributed by atoms with Crippen LogP contribution >= 0.6 is 11.3 Å². The second-order valence-electron chi connectivity index (χ2n) is 7.93. The first kappa shape index (κ1) is 23.0. The van der Waals surface area contributed by atoms with E-state index in [1.165, 1.54) is 49.7 Å². The van der Waals surface area contributed by atoms with Gasteiger partial charge >= 0.3 is 0 Å². The fraction of sp³-hybridized carbons (Fsp3) is 0.174. The zero-order valence-corrected chi connectivity index (χ0v) is 20.7. The average Bonchev–Trinajstić information content (AvgIpc) is 3.58. The lowest BCUT2D eigenvalue weighted by atomic mass is 10.1. The van der Waals surface area contributed by atoms with E-state index in [0.29, 0.717) is 33.7 Å². The first-order valence-electron chi connectivity index (χ1n) is 10.5. The van der Waals surface area contributed by atoms with Crippen molar-refractivity contribution in [3.63, 3.8) is 0 Å². The Balaban J connectivity index is 1.38. The van der Waals surface area contributed by atoms with Crippen LogP contribution in [0.15, 0.2) is 58.8 Å². The van der Waals surface area contributed by atoms with Gasteiger partial charge in [0.15, 0.2) is 11.5 Å². The molecule has 1 aliphatic rings. The van der Waals surface area contributed by atoms with Crippen LogP contribution in [0.25, 0.3) is 16.4 Å². The van der Waals surface area contributed by atoms with Crippen LogP contribution in [-0.2, 0) is 10.0 Å². The van der Waals surface area contributed by atoms with E-state index >= 15 is 0 Å². The Bertz CT molecular complexity index is 1520. The summed E-state index contributed by atoms with van der Waals surface area (Å²) in [5, 5.41) is 9.80. The van der Waals surface area contributed by atoms with E-state index in [2.05, 4.69) is 15.4 Å². The van der Waals surface area contributed by atoms with Crippen molar-refractivity contribution in [1.29, 1.82) is 0 Å². The minimum absolute atomic E-state index is 0.110. The van der Waals surface area contributed by atoms with Crippen LogP contribution in [0, 0.1) is 6.92 Å². The number of rotatable bonds is 6. The lowest BCUT2D eigenvalue weighted by Crippen LogP contribution is -2.22. The molecule has 0 bridgehead atoms. The minimum atomic E-state index is -3.58. The van der Waals surface area contributed by atoms with Crippen LogP contribution < -0.4 is 14.8 Å². The number of aromatic nitrogens is 3. The van der Waals surface area contributed by atoms with Gasteiger partial charge < -0.3 is 14.8 Å². The van der Waals surface area contributed by atoms with E-state index in [1.54, 1.807) is 10.7 Å². The molecule has 180 valence electrons. The second kappa shape index (κ2) is 8.80. The molecule has 1 aliphatic heterocycles. The number of benzene rings is 2. The van der Waals surface area contributed by atoms with Crippen molar-refractivity contribution in [2.24, 2.45) is 0 Å². The molecule has 0 radical (unpaired) electrons. The molecule has 3 heterocycles. The normalized spacial score (nSPS) is 12.8. The second-order valence-corrected chi connectivity index (χ2v) is 10.9. The number of amides is 1. The number of carbonyl (C=O) groups excluding carboxylic acids is 1. The predicted octanol–water partition coefficient (Wildman–Crippen LogP) is 3.54. The highest BCUT2D eigenvalue weighted by Gasteiger charge is 2.20. The van der Waals surface area contributed by atoms with Gasteiger partial charge in [-0.1, -0.05) is 0 Å². The smallest absolute Gasteiger partial charge is 0.256 e. The Morgan fingerprint density at radius 3 is 2.57 bits per heavy atom. The number of aryl methyl sites for hydroxylation is 1. The van der Waals surface area contributed by atoms with E-state index in [9.17, 15) is 13.2 Å². The number of ether oxygens (including phenoxy) is 2. The van der Waals surface area contributed by atoms with Crippen LogP contribution in [0.4, 0.5) is 5.82 Å². The summed E-state index contributed by atoms with van der Waals surface area (Å²) in [6.45, 7) is 2.02. The quantitative estimate of drug-likeness (QED) is 0.421. The lowest BCUT2D eigenvalue weighted by Gasteiger charge is -2.11. The Labute approximate surface area is 205 Å².